The first-order chi connectivity index (χ1) is 14.6. The van der Waals surface area contributed by atoms with Crippen LogP contribution in [0.25, 0.3) is 17.0 Å². The van der Waals surface area contributed by atoms with E-state index in [2.05, 4.69) is 4.98 Å². The largest absolute Gasteiger partial charge is 0.484 e. The van der Waals surface area contributed by atoms with E-state index in [9.17, 15) is 14.9 Å². The molecule has 0 radical (unpaired) electrons. The van der Waals surface area contributed by atoms with Crippen LogP contribution in [0, 0.1) is 10.1 Å². The van der Waals surface area contributed by atoms with Crippen molar-refractivity contribution in [3.63, 3.8) is 0 Å². The van der Waals surface area contributed by atoms with Crippen molar-refractivity contribution in [1.29, 1.82) is 0 Å². The number of hydrogen-bond acceptors (Lipinski definition) is 7. The van der Waals surface area contributed by atoms with Crippen molar-refractivity contribution in [2.45, 2.75) is 12.0 Å². The average molecular weight is 408 g/mol. The number of methoxy groups -OCH3 is 1. The lowest BCUT2D eigenvalue weighted by molar-refractivity contribution is -0.400. The van der Waals surface area contributed by atoms with E-state index in [1.54, 1.807) is 24.4 Å². The third-order valence-corrected chi connectivity index (χ3v) is 5.30. The summed E-state index contributed by atoms with van der Waals surface area (Å²) >= 11 is 0. The molecule has 9 heteroatoms. The van der Waals surface area contributed by atoms with Gasteiger partial charge in [0, 0.05) is 34.3 Å². The lowest BCUT2D eigenvalue weighted by Gasteiger charge is -2.18. The minimum atomic E-state index is -0.757. The molecule has 5 rings (SSSR count). The van der Waals surface area contributed by atoms with Crippen LogP contribution in [0.15, 0.2) is 42.7 Å². The first-order valence-corrected chi connectivity index (χ1v) is 9.16. The zero-order valence-corrected chi connectivity index (χ0v) is 15.8. The Bertz CT molecular complexity index is 1210. The van der Waals surface area contributed by atoms with Crippen LogP contribution in [-0.2, 0) is 9.53 Å². The Balaban J connectivity index is 1.66. The minimum absolute atomic E-state index is 0.140. The molecule has 2 aliphatic rings. The Hall–Kier alpha value is -4.01. The number of esters is 1. The maximum atomic E-state index is 12.8. The Kier molecular flexibility index (Phi) is 4.09. The van der Waals surface area contributed by atoms with Gasteiger partial charge in [-0.25, -0.2) is 0 Å². The highest BCUT2D eigenvalue weighted by atomic mass is 16.7. The third-order valence-electron chi connectivity index (χ3n) is 5.30. The Labute approximate surface area is 170 Å². The summed E-state index contributed by atoms with van der Waals surface area (Å²) in [7, 11) is 1.32. The van der Waals surface area contributed by atoms with E-state index in [-0.39, 0.29) is 6.79 Å². The van der Waals surface area contributed by atoms with Crippen LogP contribution in [0.1, 0.15) is 28.7 Å². The van der Waals surface area contributed by atoms with Gasteiger partial charge in [0.2, 0.25) is 13.0 Å². The van der Waals surface area contributed by atoms with Crippen molar-refractivity contribution >= 4 is 22.9 Å². The van der Waals surface area contributed by atoms with Gasteiger partial charge in [-0.05, 0) is 29.8 Å². The second kappa shape index (κ2) is 6.80. The molecular weight excluding hydrogens is 392 g/mol. The number of benzene rings is 2. The standard InChI is InChI=1S/C21H16N2O7/c1-27-21(24)19-18-15(5-3-13-17(18)12(9-22-13)6-7-23(25)26)30-20(19)11-2-4-14-16(8-11)29-10-28-14/h2-9,19-20,22H,10H2,1H3/b7-6+. The first kappa shape index (κ1) is 18.0. The van der Waals surface area contributed by atoms with Crippen LogP contribution >= 0.6 is 0 Å². The number of nitrogens with one attached hydrogen (secondary N) is 1. The van der Waals surface area contributed by atoms with E-state index in [4.69, 9.17) is 18.9 Å². The van der Waals surface area contributed by atoms with E-state index >= 15 is 0 Å². The van der Waals surface area contributed by atoms with Crippen molar-refractivity contribution in [2.75, 3.05) is 13.9 Å². The fourth-order valence-electron chi connectivity index (χ4n) is 4.02. The number of nitro groups is 1. The molecule has 3 heterocycles. The number of fused-ring (bicyclic) bond motifs is 4. The van der Waals surface area contributed by atoms with Crippen molar-refractivity contribution in [1.82, 2.24) is 4.98 Å². The van der Waals surface area contributed by atoms with Gasteiger partial charge in [0.05, 0.1) is 12.0 Å². The number of aromatic amines is 1. The van der Waals surface area contributed by atoms with Crippen LogP contribution in [0.3, 0.4) is 0 Å². The van der Waals surface area contributed by atoms with Crippen LogP contribution < -0.4 is 14.2 Å². The molecule has 1 aromatic heterocycles. The quantitative estimate of drug-likeness (QED) is 0.399. The molecule has 0 fully saturated rings. The molecule has 0 amide bonds. The van der Waals surface area contributed by atoms with Gasteiger partial charge < -0.3 is 23.9 Å². The smallest absolute Gasteiger partial charge is 0.317 e. The summed E-state index contributed by atoms with van der Waals surface area (Å²) in [6, 6.07) is 8.97. The Morgan fingerprint density at radius 2 is 2.03 bits per heavy atom. The number of aromatic nitrogens is 1. The van der Waals surface area contributed by atoms with E-state index in [1.165, 1.54) is 13.2 Å². The molecule has 3 aromatic rings. The highest BCUT2D eigenvalue weighted by Gasteiger charge is 2.43. The summed E-state index contributed by atoms with van der Waals surface area (Å²) in [4.78, 5) is 26.2. The van der Waals surface area contributed by atoms with Gasteiger partial charge in [-0.2, -0.15) is 0 Å². The minimum Gasteiger partial charge on any atom is -0.484 e. The van der Waals surface area contributed by atoms with Crippen LogP contribution in [-0.4, -0.2) is 29.8 Å². The molecule has 0 bridgehead atoms. The topological polar surface area (TPSA) is 113 Å². The van der Waals surface area contributed by atoms with Gasteiger partial charge in [-0.1, -0.05) is 6.07 Å². The molecule has 30 heavy (non-hydrogen) atoms. The fourth-order valence-corrected chi connectivity index (χ4v) is 4.02. The fraction of sp³-hybridized carbons (Fsp3) is 0.190. The number of H-pyrrole nitrogens is 1. The second-order valence-corrected chi connectivity index (χ2v) is 6.90. The van der Waals surface area contributed by atoms with Crippen molar-refractivity contribution < 1.29 is 28.7 Å². The third kappa shape index (κ3) is 2.74. The van der Waals surface area contributed by atoms with Crippen molar-refractivity contribution in [2.24, 2.45) is 0 Å². The molecule has 0 aliphatic carbocycles. The van der Waals surface area contributed by atoms with Crippen LogP contribution in [0.5, 0.6) is 17.2 Å². The molecule has 2 aromatic carbocycles. The molecule has 0 saturated heterocycles. The summed E-state index contributed by atoms with van der Waals surface area (Å²) in [6.07, 6.45) is 3.27. The van der Waals surface area contributed by atoms with Crippen molar-refractivity contribution in [3.8, 4) is 17.2 Å². The molecule has 9 nitrogen and oxygen atoms in total. The van der Waals surface area contributed by atoms with Crippen LogP contribution in [0.2, 0.25) is 0 Å². The van der Waals surface area contributed by atoms with Crippen molar-refractivity contribution in [3.05, 3.63) is 69.5 Å². The number of carbonyl (C=O) groups is 1. The molecule has 2 aliphatic heterocycles. The van der Waals surface area contributed by atoms with E-state index in [1.807, 2.05) is 12.1 Å². The number of rotatable bonds is 4. The molecule has 152 valence electrons. The predicted molar refractivity (Wildman–Crippen MR) is 105 cm³/mol. The summed E-state index contributed by atoms with van der Waals surface area (Å²) in [5, 5.41) is 11.5. The number of ether oxygens (including phenoxy) is 4. The highest BCUT2D eigenvalue weighted by molar-refractivity contribution is 5.98. The number of nitrogens with zero attached hydrogens (tertiary/aromatic N) is 1. The lowest BCUT2D eigenvalue weighted by atomic mass is 9.88. The first-order valence-electron chi connectivity index (χ1n) is 9.16. The zero-order chi connectivity index (χ0) is 20.8. The normalized spacial score (nSPS) is 19.1. The molecule has 2 atom stereocenters. The lowest BCUT2D eigenvalue weighted by Crippen LogP contribution is -2.20. The maximum absolute atomic E-state index is 12.8. The van der Waals surface area contributed by atoms with Gasteiger partial charge >= 0.3 is 5.97 Å². The van der Waals surface area contributed by atoms with Gasteiger partial charge in [0.25, 0.3) is 0 Å². The summed E-state index contributed by atoms with van der Waals surface area (Å²) in [6.45, 7) is 0.140. The zero-order valence-electron chi connectivity index (χ0n) is 15.8. The number of carbonyl (C=O) groups excluding carboxylic acids is 1. The predicted octanol–water partition coefficient (Wildman–Crippen LogP) is 3.53. The molecule has 0 spiro atoms. The Morgan fingerprint density at radius 3 is 2.83 bits per heavy atom. The number of hydrogen-bond donors (Lipinski definition) is 1. The van der Waals surface area contributed by atoms with E-state index < -0.39 is 22.9 Å². The summed E-state index contributed by atoms with van der Waals surface area (Å²) in [5.41, 5.74) is 2.69. The maximum Gasteiger partial charge on any atom is 0.317 e. The summed E-state index contributed by atoms with van der Waals surface area (Å²) in [5.74, 6) is 0.513. The highest BCUT2D eigenvalue weighted by Crippen LogP contribution is 2.51. The van der Waals surface area contributed by atoms with Crippen LogP contribution in [0.4, 0.5) is 0 Å². The monoisotopic (exact) mass is 408 g/mol. The SMILES string of the molecule is COC(=O)C1c2c(ccc3[nH]cc(/C=C/[N+](=O)[O-])c23)OC1c1ccc2c(c1)OCO2. The molecule has 1 N–H and O–H groups in total. The molecule has 0 saturated carbocycles. The Morgan fingerprint density at radius 1 is 1.23 bits per heavy atom. The van der Waals surface area contributed by atoms with Gasteiger partial charge in [0.15, 0.2) is 11.5 Å². The van der Waals surface area contributed by atoms with E-state index in [0.717, 1.165) is 17.3 Å². The van der Waals surface area contributed by atoms with Gasteiger partial charge in [-0.15, -0.1) is 0 Å². The molecule has 2 unspecified atom stereocenters. The van der Waals surface area contributed by atoms with E-state index in [0.29, 0.717) is 33.8 Å². The van der Waals surface area contributed by atoms with Gasteiger partial charge in [-0.3, -0.25) is 14.9 Å². The summed E-state index contributed by atoms with van der Waals surface area (Å²) < 4.78 is 22.1. The van der Waals surface area contributed by atoms with Gasteiger partial charge in [0.1, 0.15) is 17.8 Å². The molecular formula is C21H16N2O7. The average Bonchev–Trinajstić information content (AvgIpc) is 3.46. The second-order valence-electron chi connectivity index (χ2n) is 6.90.